The van der Waals surface area contributed by atoms with Crippen molar-refractivity contribution in [3.05, 3.63) is 0 Å². The van der Waals surface area contributed by atoms with Gasteiger partial charge in [0.1, 0.15) is 12.2 Å². The van der Waals surface area contributed by atoms with Crippen molar-refractivity contribution < 1.29 is 10.2 Å². The maximum atomic E-state index is 10.3. The van der Waals surface area contributed by atoms with E-state index in [0.29, 0.717) is 0 Å². The van der Waals surface area contributed by atoms with E-state index in [2.05, 4.69) is 11.8 Å². The fourth-order valence-corrected chi connectivity index (χ4v) is 2.99. The topological polar surface area (TPSA) is 40.5 Å². The Morgan fingerprint density at radius 2 is 1.71 bits per heavy atom. The Labute approximate surface area is 85.3 Å². The smallest absolute Gasteiger partial charge is 0.131 e. The van der Waals surface area contributed by atoms with E-state index in [0.717, 1.165) is 25.7 Å². The first-order valence-corrected chi connectivity index (χ1v) is 5.56. The van der Waals surface area contributed by atoms with Crippen LogP contribution in [0.4, 0.5) is 0 Å². The second-order valence-corrected chi connectivity index (χ2v) is 4.66. The molecule has 0 bridgehead atoms. The normalized spacial score (nSPS) is 34.4. The molecular weight excluding hydrogens is 176 g/mol. The Kier molecular flexibility index (Phi) is 2.55. The summed E-state index contributed by atoms with van der Waals surface area (Å²) >= 11 is 0. The van der Waals surface area contributed by atoms with E-state index in [9.17, 15) is 5.11 Å². The molecule has 0 saturated heterocycles. The molecule has 1 unspecified atom stereocenters. The molecule has 0 aromatic rings. The van der Waals surface area contributed by atoms with Crippen molar-refractivity contribution >= 4 is 0 Å². The fraction of sp³-hybridized carbons (Fsp3) is 0.833. The van der Waals surface area contributed by atoms with Crippen molar-refractivity contribution in [1.82, 2.24) is 0 Å². The van der Waals surface area contributed by atoms with Gasteiger partial charge in [0, 0.05) is 5.41 Å². The van der Waals surface area contributed by atoms with Crippen molar-refractivity contribution in [3.8, 4) is 11.8 Å². The van der Waals surface area contributed by atoms with Crippen molar-refractivity contribution in [2.75, 3.05) is 6.61 Å². The number of rotatable bonds is 0. The molecule has 0 heterocycles. The van der Waals surface area contributed by atoms with E-state index in [1.165, 1.54) is 19.3 Å². The zero-order valence-corrected chi connectivity index (χ0v) is 8.55. The fourth-order valence-electron chi connectivity index (χ4n) is 2.99. The molecule has 2 aliphatic carbocycles. The van der Waals surface area contributed by atoms with Crippen LogP contribution in [-0.2, 0) is 0 Å². The molecule has 2 fully saturated rings. The lowest BCUT2D eigenvalue weighted by Gasteiger charge is -2.55. The molecule has 2 aliphatic rings. The molecular formula is C12H18O2. The van der Waals surface area contributed by atoms with Crippen LogP contribution in [0.1, 0.15) is 44.9 Å². The Morgan fingerprint density at radius 1 is 1.00 bits per heavy atom. The van der Waals surface area contributed by atoms with Crippen LogP contribution in [-0.4, -0.2) is 22.4 Å². The maximum absolute atomic E-state index is 10.3. The van der Waals surface area contributed by atoms with Crippen LogP contribution in [0, 0.1) is 17.3 Å². The van der Waals surface area contributed by atoms with Gasteiger partial charge in [-0.1, -0.05) is 31.1 Å². The van der Waals surface area contributed by atoms with Crippen LogP contribution >= 0.6 is 0 Å². The van der Waals surface area contributed by atoms with Crippen LogP contribution in [0.2, 0.25) is 0 Å². The minimum atomic E-state index is -0.782. The van der Waals surface area contributed by atoms with E-state index in [4.69, 9.17) is 5.11 Å². The molecule has 2 saturated carbocycles. The molecule has 1 atom stereocenters. The molecule has 14 heavy (non-hydrogen) atoms. The molecule has 0 radical (unpaired) electrons. The first-order valence-electron chi connectivity index (χ1n) is 5.56. The first kappa shape index (κ1) is 10.0. The number of aliphatic hydroxyl groups excluding tert-OH is 1. The van der Waals surface area contributed by atoms with Gasteiger partial charge in [-0.15, -0.1) is 0 Å². The van der Waals surface area contributed by atoms with Gasteiger partial charge >= 0.3 is 0 Å². The SMILES string of the molecule is OCC#CC1(O)CCC12CCCCC2. The first-order chi connectivity index (χ1) is 6.72. The molecule has 1 spiro atoms. The van der Waals surface area contributed by atoms with Gasteiger partial charge in [0.05, 0.1) is 0 Å². The summed E-state index contributed by atoms with van der Waals surface area (Å²) in [4.78, 5) is 0. The van der Waals surface area contributed by atoms with Gasteiger partial charge in [-0.2, -0.15) is 0 Å². The van der Waals surface area contributed by atoms with Gasteiger partial charge in [0.15, 0.2) is 0 Å². The van der Waals surface area contributed by atoms with Crippen LogP contribution in [0.5, 0.6) is 0 Å². The number of aliphatic hydroxyl groups is 2. The summed E-state index contributed by atoms with van der Waals surface area (Å²) in [5.74, 6) is 5.48. The van der Waals surface area contributed by atoms with Crippen LogP contribution < -0.4 is 0 Å². The largest absolute Gasteiger partial charge is 0.384 e. The molecule has 0 aromatic carbocycles. The zero-order chi connectivity index (χ0) is 10.1. The summed E-state index contributed by atoms with van der Waals surface area (Å²) in [6, 6.07) is 0. The predicted molar refractivity (Wildman–Crippen MR) is 54.6 cm³/mol. The lowest BCUT2D eigenvalue weighted by Crippen LogP contribution is -2.57. The predicted octanol–water partition coefficient (Wildman–Crippen LogP) is 1.46. The van der Waals surface area contributed by atoms with Crippen LogP contribution in [0.25, 0.3) is 0 Å². The quantitative estimate of drug-likeness (QED) is 0.573. The third kappa shape index (κ3) is 1.36. The molecule has 2 nitrogen and oxygen atoms in total. The van der Waals surface area contributed by atoms with E-state index >= 15 is 0 Å². The van der Waals surface area contributed by atoms with Crippen LogP contribution in [0.15, 0.2) is 0 Å². The van der Waals surface area contributed by atoms with Crippen molar-refractivity contribution in [2.24, 2.45) is 5.41 Å². The van der Waals surface area contributed by atoms with E-state index in [-0.39, 0.29) is 12.0 Å². The highest BCUT2D eigenvalue weighted by atomic mass is 16.3. The van der Waals surface area contributed by atoms with E-state index in [1.807, 2.05) is 0 Å². The monoisotopic (exact) mass is 194 g/mol. The van der Waals surface area contributed by atoms with Gasteiger partial charge in [0.2, 0.25) is 0 Å². The summed E-state index contributed by atoms with van der Waals surface area (Å²) in [6.07, 6.45) is 7.88. The summed E-state index contributed by atoms with van der Waals surface area (Å²) in [5.41, 5.74) is -0.705. The Hall–Kier alpha value is -0.520. The Morgan fingerprint density at radius 3 is 2.21 bits per heavy atom. The third-order valence-corrected chi connectivity index (χ3v) is 4.03. The highest BCUT2D eigenvalue weighted by Crippen LogP contribution is 2.57. The van der Waals surface area contributed by atoms with Gasteiger partial charge in [0.25, 0.3) is 0 Å². The van der Waals surface area contributed by atoms with Crippen molar-refractivity contribution in [2.45, 2.75) is 50.5 Å². The van der Waals surface area contributed by atoms with Crippen molar-refractivity contribution in [3.63, 3.8) is 0 Å². The highest BCUT2D eigenvalue weighted by molar-refractivity contribution is 5.26. The molecule has 78 valence electrons. The lowest BCUT2D eigenvalue weighted by atomic mass is 9.51. The lowest BCUT2D eigenvalue weighted by molar-refractivity contribution is -0.141. The zero-order valence-electron chi connectivity index (χ0n) is 8.55. The maximum Gasteiger partial charge on any atom is 0.131 e. The number of hydrogen-bond donors (Lipinski definition) is 2. The summed E-state index contributed by atoms with van der Waals surface area (Å²) in [5, 5.41) is 19.0. The summed E-state index contributed by atoms with van der Waals surface area (Å²) in [7, 11) is 0. The average Bonchev–Trinajstić information content (AvgIpc) is 2.25. The average molecular weight is 194 g/mol. The molecule has 2 heteroatoms. The molecule has 2 rings (SSSR count). The molecule has 2 N–H and O–H groups in total. The Balaban J connectivity index is 2.12. The van der Waals surface area contributed by atoms with E-state index in [1.54, 1.807) is 0 Å². The second-order valence-electron chi connectivity index (χ2n) is 4.66. The minimum Gasteiger partial charge on any atom is -0.384 e. The van der Waals surface area contributed by atoms with Crippen molar-refractivity contribution in [1.29, 1.82) is 0 Å². The minimum absolute atomic E-state index is 0.0768. The summed E-state index contributed by atoms with van der Waals surface area (Å²) in [6.45, 7) is -0.140. The highest BCUT2D eigenvalue weighted by Gasteiger charge is 2.57. The third-order valence-electron chi connectivity index (χ3n) is 4.03. The van der Waals surface area contributed by atoms with Gasteiger partial charge in [-0.25, -0.2) is 0 Å². The van der Waals surface area contributed by atoms with Gasteiger partial charge < -0.3 is 10.2 Å². The van der Waals surface area contributed by atoms with Gasteiger partial charge in [-0.05, 0) is 25.7 Å². The standard InChI is InChI=1S/C12H18O2/c13-10-4-7-12(14)9-8-11(12)5-2-1-3-6-11/h13-14H,1-3,5-6,8-10H2. The molecule has 0 aromatic heterocycles. The Bertz CT molecular complexity index is 268. The second kappa shape index (κ2) is 3.56. The summed E-state index contributed by atoms with van der Waals surface area (Å²) < 4.78 is 0. The molecule has 0 amide bonds. The van der Waals surface area contributed by atoms with Gasteiger partial charge in [-0.3, -0.25) is 0 Å². The molecule has 0 aliphatic heterocycles. The van der Waals surface area contributed by atoms with E-state index < -0.39 is 5.60 Å². The van der Waals surface area contributed by atoms with Crippen LogP contribution in [0.3, 0.4) is 0 Å². The number of hydrogen-bond acceptors (Lipinski definition) is 2.